The van der Waals surface area contributed by atoms with Gasteiger partial charge in [0.15, 0.2) is 0 Å². The minimum absolute atomic E-state index is 0.148. The lowest BCUT2D eigenvalue weighted by atomic mass is 10.0. The first kappa shape index (κ1) is 65.0. The van der Waals surface area contributed by atoms with Gasteiger partial charge in [-0.1, -0.05) is 48.4 Å². The van der Waals surface area contributed by atoms with Gasteiger partial charge in [-0.05, 0) is 178 Å². The zero-order valence-electron chi connectivity index (χ0n) is 55.8. The van der Waals surface area contributed by atoms with E-state index in [9.17, 15) is 4.79 Å². The van der Waals surface area contributed by atoms with Crippen LogP contribution < -0.4 is 44.9 Å². The molecule has 6 aromatic rings. The highest BCUT2D eigenvalue weighted by Crippen LogP contribution is 2.36. The van der Waals surface area contributed by atoms with E-state index in [-0.39, 0.29) is 11.9 Å². The SMILES string of the molecule is CNc1nc(N2CCCC2)nc2cc(C#CCN3CCCC3)c(OC)cc12.COc1cc2c(NC3CCCC3)nc(N3CCCC3)nc2cc1C#CCN1CCCC1.COc1cc2c(NC3CCN(C(C)=O)CC3)nc(N3CCCC3)nc2cc1C#CCN1CCCC1. The number of piperidine rings is 1. The van der Waals surface area contributed by atoms with Crippen LogP contribution in [0, 0.1) is 35.5 Å². The molecule has 8 fully saturated rings. The maximum Gasteiger partial charge on any atom is 0.227 e. The van der Waals surface area contributed by atoms with Gasteiger partial charge in [0.2, 0.25) is 23.8 Å². The molecule has 1 amide bonds. The summed E-state index contributed by atoms with van der Waals surface area (Å²) >= 11 is 0. The maximum absolute atomic E-state index is 11.7. The molecular weight excluding hydrogens is 1160 g/mol. The number of nitrogens with one attached hydrogen (secondary N) is 3. The Labute approximate surface area is 550 Å². The number of benzene rings is 3. The zero-order chi connectivity index (χ0) is 63.9. The van der Waals surface area contributed by atoms with Gasteiger partial charge in [-0.25, -0.2) is 15.0 Å². The topological polar surface area (TPSA) is 181 Å². The van der Waals surface area contributed by atoms with Gasteiger partial charge in [0, 0.05) is 94.6 Å². The normalized spacial score (nSPS) is 18.8. The van der Waals surface area contributed by atoms with E-state index in [1.165, 1.54) is 103 Å². The summed E-state index contributed by atoms with van der Waals surface area (Å²) in [6, 6.07) is 13.0. The third-order valence-corrected chi connectivity index (χ3v) is 19.6. The summed E-state index contributed by atoms with van der Waals surface area (Å²) in [5.41, 5.74) is 5.40. The van der Waals surface area contributed by atoms with Crippen molar-refractivity contribution in [3.63, 3.8) is 0 Å². The summed E-state index contributed by atoms with van der Waals surface area (Å²) in [4.78, 5) is 57.1. The smallest absolute Gasteiger partial charge is 0.227 e. The van der Waals surface area contributed by atoms with Crippen molar-refractivity contribution in [1.82, 2.24) is 49.5 Å². The second kappa shape index (κ2) is 31.7. The number of nitrogens with zero attached hydrogens (tertiary/aromatic N) is 13. The van der Waals surface area contributed by atoms with Crippen molar-refractivity contribution >= 4 is 73.9 Å². The molecule has 93 heavy (non-hydrogen) atoms. The lowest BCUT2D eigenvalue weighted by molar-refractivity contribution is -0.129. The Hall–Kier alpha value is -8.09. The average molecular weight is 1260 g/mol. The molecule has 0 bridgehead atoms. The van der Waals surface area contributed by atoms with E-state index in [0.29, 0.717) is 6.04 Å². The highest BCUT2D eigenvalue weighted by molar-refractivity contribution is 5.95. The highest BCUT2D eigenvalue weighted by Gasteiger charge is 2.27. The number of ether oxygens (including phenoxy) is 3. The highest BCUT2D eigenvalue weighted by atomic mass is 16.5. The van der Waals surface area contributed by atoms with Crippen LogP contribution in [0.25, 0.3) is 32.7 Å². The van der Waals surface area contributed by atoms with Gasteiger partial charge in [0.05, 0.1) is 74.2 Å². The predicted molar refractivity (Wildman–Crippen MR) is 375 cm³/mol. The van der Waals surface area contributed by atoms with Crippen LogP contribution >= 0.6 is 0 Å². The van der Waals surface area contributed by atoms with Crippen LogP contribution in [-0.4, -0.2) is 207 Å². The fourth-order valence-electron chi connectivity index (χ4n) is 14.2. The number of likely N-dealkylation sites (tertiary alicyclic amines) is 4. The van der Waals surface area contributed by atoms with Gasteiger partial charge < -0.3 is 49.8 Å². The number of carbonyl (C=O) groups is 1. The molecule has 0 unspecified atom stereocenters. The Kier molecular flexibility index (Phi) is 22.1. The van der Waals surface area contributed by atoms with Crippen molar-refractivity contribution in [2.75, 3.05) is 170 Å². The van der Waals surface area contributed by atoms with Crippen LogP contribution in [0.2, 0.25) is 0 Å². The number of amides is 1. The molecule has 20 nitrogen and oxygen atoms in total. The Morgan fingerprint density at radius 2 is 0.731 bits per heavy atom. The summed E-state index contributed by atoms with van der Waals surface area (Å²) in [6.45, 7) is 18.6. The molecule has 0 spiro atoms. The molecule has 20 heteroatoms. The van der Waals surface area contributed by atoms with Gasteiger partial charge in [0.25, 0.3) is 0 Å². The molecule has 1 aliphatic carbocycles. The van der Waals surface area contributed by atoms with Crippen molar-refractivity contribution in [3.05, 3.63) is 53.1 Å². The van der Waals surface area contributed by atoms with E-state index in [0.717, 1.165) is 226 Å². The second-order valence-corrected chi connectivity index (χ2v) is 26.1. The first-order valence-corrected chi connectivity index (χ1v) is 34.7. The number of fused-ring (bicyclic) bond motifs is 3. The average Bonchev–Trinajstić information content (AvgIpc) is 1.42. The molecular formula is C73H96N16O4. The quantitative estimate of drug-likeness (QED) is 0.0876. The molecule has 3 aromatic carbocycles. The molecule has 492 valence electrons. The summed E-state index contributed by atoms with van der Waals surface area (Å²) in [5, 5.41) is 13.5. The van der Waals surface area contributed by atoms with Crippen LogP contribution in [0.1, 0.15) is 139 Å². The van der Waals surface area contributed by atoms with Crippen LogP contribution in [-0.2, 0) is 4.79 Å². The third kappa shape index (κ3) is 16.5. The van der Waals surface area contributed by atoms with E-state index >= 15 is 0 Å². The van der Waals surface area contributed by atoms with Gasteiger partial charge >= 0.3 is 0 Å². The number of methoxy groups -OCH3 is 3. The first-order chi connectivity index (χ1) is 45.7. The summed E-state index contributed by atoms with van der Waals surface area (Å²) in [5.74, 6) is 27.5. The fraction of sp³-hybridized carbons (Fsp3) is 0.575. The number of rotatable bonds is 14. The Bertz CT molecular complexity index is 3740. The Morgan fingerprint density at radius 1 is 0.419 bits per heavy atom. The summed E-state index contributed by atoms with van der Waals surface area (Å²) < 4.78 is 17.1. The predicted octanol–water partition coefficient (Wildman–Crippen LogP) is 9.88. The Morgan fingerprint density at radius 3 is 1.05 bits per heavy atom. The van der Waals surface area contributed by atoms with Gasteiger partial charge in [0.1, 0.15) is 34.7 Å². The number of carbonyl (C=O) groups excluding carboxylic acids is 1. The van der Waals surface area contributed by atoms with E-state index in [1.54, 1.807) is 28.3 Å². The van der Waals surface area contributed by atoms with Gasteiger partial charge in [-0.2, -0.15) is 15.0 Å². The third-order valence-electron chi connectivity index (χ3n) is 19.6. The second-order valence-electron chi connectivity index (χ2n) is 26.1. The minimum atomic E-state index is 0.148. The van der Waals surface area contributed by atoms with E-state index < -0.39 is 0 Å². The maximum atomic E-state index is 11.7. The largest absolute Gasteiger partial charge is 0.495 e. The number of hydrogen-bond acceptors (Lipinski definition) is 19. The van der Waals surface area contributed by atoms with Crippen molar-refractivity contribution in [1.29, 1.82) is 0 Å². The van der Waals surface area contributed by atoms with E-state index in [2.05, 4.69) is 99.1 Å². The van der Waals surface area contributed by atoms with Crippen LogP contribution in [0.5, 0.6) is 17.2 Å². The van der Waals surface area contributed by atoms with E-state index in [4.69, 9.17) is 44.1 Å². The summed E-state index contributed by atoms with van der Waals surface area (Å²) in [7, 11) is 6.99. The monoisotopic (exact) mass is 1260 g/mol. The Balaban J connectivity index is 0.000000135. The molecule has 3 N–H and O–H groups in total. The van der Waals surface area contributed by atoms with E-state index in [1.807, 2.05) is 30.1 Å². The van der Waals surface area contributed by atoms with Gasteiger partial charge in [-0.15, -0.1) is 0 Å². The van der Waals surface area contributed by atoms with Crippen LogP contribution in [0.15, 0.2) is 36.4 Å². The van der Waals surface area contributed by atoms with Crippen molar-refractivity contribution in [2.45, 2.75) is 135 Å². The molecule has 1 saturated carbocycles. The number of hydrogen-bond donors (Lipinski definition) is 3. The molecule has 14 rings (SSSR count). The standard InChI is InChI=1S/C27H36N6O2.C25H33N5O.C21H27N5O/c1-20(34)32-16-9-22(10-17-32)28-26-23-19-25(35-2)21(8-7-13-31-11-3-4-12-31)18-24(23)29-27(30-26)33-14-5-6-15-33;1-31-23-18-21-22(17-19(23)9-8-14-29-12-4-5-13-29)27-25(30-15-6-7-16-30)28-24(21)26-20-10-2-3-11-20;1-22-20-17-15-19(27-2)16(8-7-11-25-9-3-4-10-25)14-18(17)23-21(24-20)26-12-5-6-13-26/h18-19,22H,3-6,9-17H2,1-2H3,(H,28,29,30);17-18,20H,2-7,10-16H2,1H3,(H,26,27,28);14-15H,3-6,9-13H2,1-2H3,(H,22,23,24). The minimum Gasteiger partial charge on any atom is -0.495 e. The zero-order valence-corrected chi connectivity index (χ0v) is 55.8. The lowest BCUT2D eigenvalue weighted by Crippen LogP contribution is -2.41. The molecule has 8 aliphatic rings. The molecule has 7 aliphatic heterocycles. The van der Waals surface area contributed by atoms with Crippen molar-refractivity contribution in [2.24, 2.45) is 0 Å². The lowest BCUT2D eigenvalue weighted by Gasteiger charge is -2.32. The van der Waals surface area contributed by atoms with Gasteiger partial charge in [-0.3, -0.25) is 19.5 Å². The van der Waals surface area contributed by atoms with Crippen LogP contribution in [0.4, 0.5) is 35.3 Å². The number of anilines is 6. The summed E-state index contributed by atoms with van der Waals surface area (Å²) in [6.07, 6.45) is 21.6. The van der Waals surface area contributed by atoms with Crippen LogP contribution in [0.3, 0.4) is 0 Å². The number of aromatic nitrogens is 6. The molecule has 3 aromatic heterocycles. The fourth-order valence-corrected chi connectivity index (χ4v) is 14.2. The van der Waals surface area contributed by atoms with Crippen molar-refractivity contribution in [3.8, 4) is 52.8 Å². The first-order valence-electron chi connectivity index (χ1n) is 34.7. The molecule has 10 heterocycles. The molecule has 7 saturated heterocycles. The van der Waals surface area contributed by atoms with Crippen molar-refractivity contribution < 1.29 is 19.0 Å². The molecule has 0 atom stereocenters. The molecule has 0 radical (unpaired) electrons.